The molecule has 0 spiro atoms. The number of amides is 1. The first-order chi connectivity index (χ1) is 9.58. The van der Waals surface area contributed by atoms with Gasteiger partial charge in [0, 0.05) is 0 Å². The summed E-state index contributed by atoms with van der Waals surface area (Å²) in [6, 6.07) is 3.33. The first-order valence-electron chi connectivity index (χ1n) is 6.38. The quantitative estimate of drug-likeness (QED) is 0.789. The van der Waals surface area contributed by atoms with E-state index in [1.165, 1.54) is 0 Å². The summed E-state index contributed by atoms with van der Waals surface area (Å²) in [5, 5.41) is 12.4. The summed E-state index contributed by atoms with van der Waals surface area (Å²) >= 11 is 0. The molecule has 1 amide bonds. The molecule has 0 bridgehead atoms. The lowest BCUT2D eigenvalue weighted by molar-refractivity contribution is -0.135. The molecule has 1 heterocycles. The third-order valence-corrected chi connectivity index (χ3v) is 2.51. The van der Waals surface area contributed by atoms with Gasteiger partial charge in [0.15, 0.2) is 0 Å². The van der Waals surface area contributed by atoms with Crippen LogP contribution in [0.4, 0.5) is 0 Å². The lowest BCUT2D eigenvalue weighted by Crippen LogP contribution is -2.35. The summed E-state index contributed by atoms with van der Waals surface area (Å²) in [4.78, 5) is 26.5. The zero-order chi connectivity index (χ0) is 15.0. The summed E-state index contributed by atoms with van der Waals surface area (Å²) in [7, 11) is 0. The van der Waals surface area contributed by atoms with E-state index < -0.39 is 18.4 Å². The Hall–Kier alpha value is -2.43. The number of unbranched alkanes of at least 4 members (excludes halogenated alkanes) is 1. The number of nitrogens with zero attached hydrogens (tertiary/aromatic N) is 1. The van der Waals surface area contributed by atoms with Crippen LogP contribution in [0.1, 0.15) is 30.3 Å². The van der Waals surface area contributed by atoms with Crippen LogP contribution < -0.4 is 15.9 Å². The van der Waals surface area contributed by atoms with E-state index in [4.69, 9.17) is 5.11 Å². The van der Waals surface area contributed by atoms with E-state index in [0.717, 1.165) is 18.1 Å². The fraction of sp³-hybridized carbons (Fsp3) is 0.267. The molecule has 1 rings (SSSR count). The molecule has 5 nitrogen and oxygen atoms in total. The Balaban J connectivity index is 3.12. The molecule has 0 aromatic carbocycles. The van der Waals surface area contributed by atoms with Gasteiger partial charge >= 0.3 is 5.97 Å². The van der Waals surface area contributed by atoms with Gasteiger partial charge in [0.25, 0.3) is 5.91 Å². The molecule has 5 heteroatoms. The molecule has 0 saturated heterocycles. The highest BCUT2D eigenvalue weighted by Gasteiger charge is 2.08. The standard InChI is InChI=1S/C15H18N2O3/c1-3-5-7-12-11(6-4-2)8-9-13(17-12)15(20)16-10-14(18)19/h4,6-9H,2-3,5,10H2,1H3,(H,16,20)(H,18,19)/b11-6-,12-7+. The lowest BCUT2D eigenvalue weighted by atomic mass is 10.2. The first-order valence-corrected chi connectivity index (χ1v) is 6.38. The molecule has 1 aromatic rings. The molecule has 0 saturated carbocycles. The summed E-state index contributed by atoms with van der Waals surface area (Å²) in [5.74, 6) is -1.59. The number of pyridine rings is 1. The molecule has 0 aliphatic rings. The van der Waals surface area contributed by atoms with Gasteiger partial charge in [0.05, 0.1) is 5.35 Å². The van der Waals surface area contributed by atoms with Gasteiger partial charge in [-0.05, 0) is 17.7 Å². The normalized spacial score (nSPS) is 12.2. The molecule has 2 N–H and O–H groups in total. The Morgan fingerprint density at radius 3 is 2.80 bits per heavy atom. The average Bonchev–Trinajstić information content (AvgIpc) is 2.43. The fourth-order valence-corrected chi connectivity index (χ4v) is 1.57. The summed E-state index contributed by atoms with van der Waals surface area (Å²) in [6.07, 6.45) is 7.25. The molecule has 0 unspecified atom stereocenters. The Morgan fingerprint density at radius 1 is 1.45 bits per heavy atom. The number of hydrogen-bond donors (Lipinski definition) is 2. The van der Waals surface area contributed by atoms with Crippen LogP contribution in [0.5, 0.6) is 0 Å². The van der Waals surface area contributed by atoms with Crippen molar-refractivity contribution in [2.24, 2.45) is 0 Å². The van der Waals surface area contributed by atoms with E-state index in [1.807, 2.05) is 12.2 Å². The molecule has 20 heavy (non-hydrogen) atoms. The Morgan fingerprint density at radius 2 is 2.20 bits per heavy atom. The molecule has 106 valence electrons. The average molecular weight is 274 g/mol. The minimum atomic E-state index is -1.09. The molecule has 0 fully saturated rings. The van der Waals surface area contributed by atoms with Gasteiger partial charge in [-0.2, -0.15) is 0 Å². The van der Waals surface area contributed by atoms with Crippen molar-refractivity contribution in [1.29, 1.82) is 0 Å². The van der Waals surface area contributed by atoms with Gasteiger partial charge in [-0.15, -0.1) is 0 Å². The van der Waals surface area contributed by atoms with Gasteiger partial charge in [0.1, 0.15) is 12.2 Å². The van der Waals surface area contributed by atoms with Gasteiger partial charge in [-0.1, -0.05) is 44.2 Å². The van der Waals surface area contributed by atoms with E-state index in [1.54, 1.807) is 18.2 Å². The number of allylic oxidation sites excluding steroid dienone is 1. The topological polar surface area (TPSA) is 79.3 Å². The molecule has 0 radical (unpaired) electrons. The van der Waals surface area contributed by atoms with E-state index in [0.29, 0.717) is 5.35 Å². The van der Waals surface area contributed by atoms with Crippen LogP contribution in [-0.2, 0) is 4.79 Å². The molecule has 0 atom stereocenters. The summed E-state index contributed by atoms with van der Waals surface area (Å²) in [5.41, 5.74) is 0.204. The number of nitrogens with one attached hydrogen (secondary N) is 1. The highest BCUT2D eigenvalue weighted by molar-refractivity contribution is 5.93. The maximum Gasteiger partial charge on any atom is 0.322 e. The van der Waals surface area contributed by atoms with E-state index in [-0.39, 0.29) is 5.69 Å². The van der Waals surface area contributed by atoms with Crippen molar-refractivity contribution in [2.45, 2.75) is 19.8 Å². The number of aromatic nitrogens is 1. The largest absolute Gasteiger partial charge is 0.480 e. The molecule has 0 aliphatic carbocycles. The predicted octanol–water partition coefficient (Wildman–Crippen LogP) is 0.443. The minimum absolute atomic E-state index is 0.204. The number of rotatable bonds is 6. The second kappa shape index (κ2) is 7.89. The van der Waals surface area contributed by atoms with Gasteiger partial charge in [-0.25, -0.2) is 4.98 Å². The predicted molar refractivity (Wildman–Crippen MR) is 77.5 cm³/mol. The van der Waals surface area contributed by atoms with Crippen molar-refractivity contribution < 1.29 is 14.7 Å². The Bertz CT molecular complexity index is 620. The molecule has 0 aliphatic heterocycles. The van der Waals surface area contributed by atoms with Crippen LogP contribution >= 0.6 is 0 Å². The lowest BCUT2D eigenvalue weighted by Gasteiger charge is -2.02. The number of hydrogen-bond acceptors (Lipinski definition) is 3. The first kappa shape index (κ1) is 15.6. The number of carboxylic acids is 1. The Kier molecular flexibility index (Phi) is 6.16. The van der Waals surface area contributed by atoms with Crippen molar-refractivity contribution in [3.05, 3.63) is 41.0 Å². The van der Waals surface area contributed by atoms with E-state index in [2.05, 4.69) is 23.8 Å². The van der Waals surface area contributed by atoms with Crippen LogP contribution in [0.2, 0.25) is 0 Å². The number of aliphatic carboxylic acids is 1. The molecular weight excluding hydrogens is 256 g/mol. The SMILES string of the molecule is C=C/C=c1/ccc(C(=O)NCC(=O)O)n/c1=C/CCC. The van der Waals surface area contributed by atoms with Gasteiger partial charge in [-0.3, -0.25) is 9.59 Å². The number of carboxylic acid groups (broad SMARTS) is 1. The van der Waals surface area contributed by atoms with Crippen LogP contribution in [0.25, 0.3) is 12.2 Å². The van der Waals surface area contributed by atoms with Crippen LogP contribution in [-0.4, -0.2) is 28.5 Å². The second-order valence-corrected chi connectivity index (χ2v) is 4.14. The van der Waals surface area contributed by atoms with E-state index in [9.17, 15) is 9.59 Å². The summed E-state index contributed by atoms with van der Waals surface area (Å²) < 4.78 is 0. The van der Waals surface area contributed by atoms with Crippen molar-refractivity contribution in [2.75, 3.05) is 6.54 Å². The van der Waals surface area contributed by atoms with Crippen LogP contribution in [0.15, 0.2) is 24.8 Å². The third kappa shape index (κ3) is 4.68. The molecular formula is C15H18N2O3. The third-order valence-electron chi connectivity index (χ3n) is 2.51. The number of carbonyl (C=O) groups is 2. The van der Waals surface area contributed by atoms with Crippen molar-refractivity contribution in [3.8, 4) is 0 Å². The van der Waals surface area contributed by atoms with Crippen molar-refractivity contribution in [1.82, 2.24) is 10.3 Å². The number of carbonyl (C=O) groups excluding carboxylic acids is 1. The summed E-state index contributed by atoms with van der Waals surface area (Å²) in [6.45, 7) is 5.27. The van der Waals surface area contributed by atoms with Crippen molar-refractivity contribution >= 4 is 24.0 Å². The Labute approximate surface area is 117 Å². The smallest absolute Gasteiger partial charge is 0.322 e. The van der Waals surface area contributed by atoms with Gasteiger partial charge in [0.2, 0.25) is 0 Å². The maximum atomic E-state index is 11.8. The highest BCUT2D eigenvalue weighted by atomic mass is 16.4. The second-order valence-electron chi connectivity index (χ2n) is 4.14. The zero-order valence-electron chi connectivity index (χ0n) is 11.4. The minimum Gasteiger partial charge on any atom is -0.480 e. The van der Waals surface area contributed by atoms with Crippen LogP contribution in [0.3, 0.4) is 0 Å². The molecule has 1 aromatic heterocycles. The van der Waals surface area contributed by atoms with Crippen molar-refractivity contribution in [3.63, 3.8) is 0 Å². The fourth-order valence-electron chi connectivity index (χ4n) is 1.57. The van der Waals surface area contributed by atoms with Gasteiger partial charge < -0.3 is 10.4 Å². The monoisotopic (exact) mass is 274 g/mol. The highest BCUT2D eigenvalue weighted by Crippen LogP contribution is 1.90. The zero-order valence-corrected chi connectivity index (χ0v) is 11.4. The maximum absolute atomic E-state index is 11.8. The van der Waals surface area contributed by atoms with E-state index >= 15 is 0 Å². The van der Waals surface area contributed by atoms with Crippen LogP contribution in [0, 0.1) is 0 Å².